The first-order valence-corrected chi connectivity index (χ1v) is 8.48. The number of halogens is 3. The van der Waals surface area contributed by atoms with Gasteiger partial charge in [0.05, 0.1) is 0 Å². The fourth-order valence-electron chi connectivity index (χ4n) is 2.21. The lowest BCUT2D eigenvalue weighted by Gasteiger charge is -2.23. The number of aromatic nitrogens is 2. The molecule has 2 unspecified atom stereocenters. The van der Waals surface area contributed by atoms with Crippen molar-refractivity contribution in [1.29, 1.82) is 0 Å². The van der Waals surface area contributed by atoms with Crippen LogP contribution in [0.5, 0.6) is 0 Å². The number of carbonyl (C=O) groups is 1. The number of nitrogens with one attached hydrogen (secondary N) is 1. The molecule has 0 saturated carbocycles. The fraction of sp³-hybridized carbons (Fsp3) is 0.727. The molecule has 1 aromatic rings. The molecule has 1 aliphatic rings. The summed E-state index contributed by atoms with van der Waals surface area (Å²) in [7, 11) is 3.88. The second-order valence-corrected chi connectivity index (χ2v) is 7.10. The normalized spacial score (nSPS) is 22.4. The van der Waals surface area contributed by atoms with Gasteiger partial charge in [-0.3, -0.25) is 5.32 Å². The minimum Gasteiger partial charge on any atom is -0.322 e. The summed E-state index contributed by atoms with van der Waals surface area (Å²) in [6, 6.07) is -0.241. The van der Waals surface area contributed by atoms with Gasteiger partial charge in [0.25, 0.3) is 0 Å². The SMILES string of the molecule is CSC1CN(C(=O)Nc2nnc(C(F)(F)F)s2)CC1N(C)C. The maximum Gasteiger partial charge on any atom is 0.445 e. The number of hydrogen-bond donors (Lipinski definition) is 1. The van der Waals surface area contributed by atoms with Gasteiger partial charge in [0, 0.05) is 24.4 Å². The van der Waals surface area contributed by atoms with Crippen LogP contribution in [0.25, 0.3) is 0 Å². The van der Waals surface area contributed by atoms with Crippen molar-refractivity contribution in [2.45, 2.75) is 17.5 Å². The van der Waals surface area contributed by atoms with E-state index in [2.05, 4.69) is 15.5 Å². The molecule has 1 aliphatic heterocycles. The van der Waals surface area contributed by atoms with Gasteiger partial charge in [0.1, 0.15) is 0 Å². The van der Waals surface area contributed by atoms with Gasteiger partial charge in [0.2, 0.25) is 10.1 Å². The van der Waals surface area contributed by atoms with Crippen molar-refractivity contribution in [3.05, 3.63) is 5.01 Å². The molecule has 2 amide bonds. The van der Waals surface area contributed by atoms with Crippen molar-refractivity contribution in [1.82, 2.24) is 20.0 Å². The van der Waals surface area contributed by atoms with E-state index in [0.29, 0.717) is 24.4 Å². The molecule has 2 atom stereocenters. The fourth-order valence-corrected chi connectivity index (χ4v) is 3.78. The van der Waals surface area contributed by atoms with Gasteiger partial charge in [-0.2, -0.15) is 24.9 Å². The van der Waals surface area contributed by atoms with Gasteiger partial charge < -0.3 is 9.80 Å². The Bertz CT molecular complexity index is 536. The number of rotatable bonds is 3. The highest BCUT2D eigenvalue weighted by atomic mass is 32.2. The molecule has 1 aromatic heterocycles. The summed E-state index contributed by atoms with van der Waals surface area (Å²) in [6.45, 7) is 1.07. The zero-order chi connectivity index (χ0) is 16.5. The topological polar surface area (TPSA) is 61.4 Å². The minimum atomic E-state index is -4.55. The molecule has 0 spiro atoms. The zero-order valence-corrected chi connectivity index (χ0v) is 13.8. The Morgan fingerprint density at radius 3 is 2.55 bits per heavy atom. The molecule has 2 heterocycles. The van der Waals surface area contributed by atoms with Gasteiger partial charge in [-0.25, -0.2) is 4.79 Å². The van der Waals surface area contributed by atoms with Gasteiger partial charge >= 0.3 is 12.2 Å². The Morgan fingerprint density at radius 1 is 1.41 bits per heavy atom. The van der Waals surface area contributed by atoms with E-state index in [9.17, 15) is 18.0 Å². The van der Waals surface area contributed by atoms with Crippen LogP contribution in [0.2, 0.25) is 0 Å². The van der Waals surface area contributed by atoms with Crippen LogP contribution in [0.15, 0.2) is 0 Å². The molecule has 2 rings (SSSR count). The summed E-state index contributed by atoms with van der Waals surface area (Å²) >= 11 is 1.99. The van der Waals surface area contributed by atoms with E-state index >= 15 is 0 Å². The number of amides is 2. The van der Waals surface area contributed by atoms with E-state index in [1.807, 2.05) is 25.3 Å². The van der Waals surface area contributed by atoms with Crippen LogP contribution in [0, 0.1) is 0 Å². The Balaban J connectivity index is 2.00. The number of likely N-dealkylation sites (tertiary alicyclic amines) is 1. The molecule has 1 N–H and O–H groups in total. The Hall–Kier alpha value is -1.07. The molecule has 0 radical (unpaired) electrons. The number of hydrogen-bond acceptors (Lipinski definition) is 6. The first-order chi connectivity index (χ1) is 10.2. The van der Waals surface area contributed by atoms with Crippen molar-refractivity contribution in [3.63, 3.8) is 0 Å². The lowest BCUT2D eigenvalue weighted by Crippen LogP contribution is -2.38. The Labute approximate surface area is 134 Å². The first-order valence-electron chi connectivity index (χ1n) is 6.38. The third-order valence-electron chi connectivity index (χ3n) is 3.37. The maximum absolute atomic E-state index is 12.5. The van der Waals surface area contributed by atoms with Gasteiger partial charge in [-0.05, 0) is 20.4 Å². The molecule has 124 valence electrons. The molecule has 1 fully saturated rings. The summed E-state index contributed by atoms with van der Waals surface area (Å²) in [6.07, 6.45) is -2.57. The number of thioether (sulfide) groups is 1. The average molecular weight is 355 g/mol. The van der Waals surface area contributed by atoms with E-state index in [4.69, 9.17) is 0 Å². The lowest BCUT2D eigenvalue weighted by atomic mass is 10.2. The van der Waals surface area contributed by atoms with Crippen LogP contribution < -0.4 is 5.32 Å². The van der Waals surface area contributed by atoms with Crippen molar-refractivity contribution in [2.24, 2.45) is 0 Å². The Kier molecular flexibility index (Phi) is 5.17. The number of alkyl halides is 3. The average Bonchev–Trinajstić information content (AvgIpc) is 3.03. The summed E-state index contributed by atoms with van der Waals surface area (Å²) < 4.78 is 37.4. The highest BCUT2D eigenvalue weighted by molar-refractivity contribution is 7.99. The molecule has 22 heavy (non-hydrogen) atoms. The molecule has 11 heteroatoms. The van der Waals surface area contributed by atoms with E-state index in [0.717, 1.165) is 0 Å². The number of anilines is 1. The second kappa shape index (κ2) is 6.59. The Morgan fingerprint density at radius 2 is 2.09 bits per heavy atom. The molecular formula is C11H16F3N5OS2. The van der Waals surface area contributed by atoms with Crippen molar-refractivity contribution >= 4 is 34.3 Å². The quantitative estimate of drug-likeness (QED) is 0.899. The summed E-state index contributed by atoms with van der Waals surface area (Å²) in [4.78, 5) is 15.8. The van der Waals surface area contributed by atoms with Gasteiger partial charge in [0.15, 0.2) is 0 Å². The van der Waals surface area contributed by atoms with Gasteiger partial charge in [-0.1, -0.05) is 11.3 Å². The van der Waals surface area contributed by atoms with Crippen LogP contribution >= 0.6 is 23.1 Å². The van der Waals surface area contributed by atoms with Crippen LogP contribution in [0.3, 0.4) is 0 Å². The monoisotopic (exact) mass is 355 g/mol. The van der Waals surface area contributed by atoms with Gasteiger partial charge in [-0.15, -0.1) is 10.2 Å². The van der Waals surface area contributed by atoms with E-state index < -0.39 is 17.2 Å². The van der Waals surface area contributed by atoms with Crippen molar-refractivity contribution in [3.8, 4) is 0 Å². The van der Waals surface area contributed by atoms with E-state index in [1.165, 1.54) is 0 Å². The number of nitrogens with zero attached hydrogens (tertiary/aromatic N) is 4. The van der Waals surface area contributed by atoms with Crippen LogP contribution in [0.1, 0.15) is 5.01 Å². The summed E-state index contributed by atoms with van der Waals surface area (Å²) in [5, 5.41) is 7.83. The third-order valence-corrected chi connectivity index (χ3v) is 5.32. The number of likely N-dealkylation sites (N-methyl/N-ethyl adjacent to an activating group) is 1. The van der Waals surface area contributed by atoms with Crippen molar-refractivity contribution in [2.75, 3.05) is 38.8 Å². The molecule has 1 saturated heterocycles. The van der Waals surface area contributed by atoms with Crippen LogP contribution in [-0.2, 0) is 6.18 Å². The predicted molar refractivity (Wildman–Crippen MR) is 80.3 cm³/mol. The molecule has 0 aromatic carbocycles. The number of urea groups is 1. The highest BCUT2D eigenvalue weighted by Gasteiger charge is 2.38. The molecule has 0 bridgehead atoms. The predicted octanol–water partition coefficient (Wildman–Crippen LogP) is 2.07. The lowest BCUT2D eigenvalue weighted by molar-refractivity contribution is -0.138. The third kappa shape index (κ3) is 3.82. The molecule has 6 nitrogen and oxygen atoms in total. The standard InChI is InChI=1S/C11H16F3N5OS2/c1-18(2)6-4-19(5-7(6)21-3)10(20)15-9-17-16-8(22-9)11(12,13)14/h6-7H,4-5H2,1-3H3,(H,15,17,20). The first kappa shape index (κ1) is 17.3. The van der Waals surface area contributed by atoms with Crippen molar-refractivity contribution < 1.29 is 18.0 Å². The van der Waals surface area contributed by atoms with E-state index in [1.54, 1.807) is 16.7 Å². The molecule has 0 aliphatic carbocycles. The maximum atomic E-state index is 12.5. The largest absolute Gasteiger partial charge is 0.445 e. The summed E-state index contributed by atoms with van der Waals surface area (Å²) in [5.74, 6) is 0. The molecular weight excluding hydrogens is 339 g/mol. The second-order valence-electron chi connectivity index (χ2n) is 5.05. The van der Waals surface area contributed by atoms with Crippen LogP contribution in [-0.4, -0.2) is 70.8 Å². The smallest absolute Gasteiger partial charge is 0.322 e. The van der Waals surface area contributed by atoms with Crippen LogP contribution in [0.4, 0.5) is 23.1 Å². The highest BCUT2D eigenvalue weighted by Crippen LogP contribution is 2.33. The summed E-state index contributed by atoms with van der Waals surface area (Å²) in [5.41, 5.74) is 0. The van der Waals surface area contributed by atoms with E-state index in [-0.39, 0.29) is 16.4 Å². The minimum absolute atomic E-state index is 0.147. The zero-order valence-electron chi connectivity index (χ0n) is 12.2. The number of carbonyl (C=O) groups excluding carboxylic acids is 1.